The maximum atomic E-state index is 10.3. The molecule has 0 amide bonds. The fraction of sp³-hybridized carbons (Fsp3) is 0.350. The number of benzene rings is 1. The Bertz CT molecular complexity index is 932. The van der Waals surface area contributed by atoms with Crippen LogP contribution in [0.1, 0.15) is 25.7 Å². The van der Waals surface area contributed by atoms with Crippen molar-refractivity contribution >= 4 is 10.8 Å². The first-order valence-electron chi connectivity index (χ1n) is 9.08. The van der Waals surface area contributed by atoms with Crippen LogP contribution in [0.2, 0.25) is 0 Å². The first kappa shape index (κ1) is 15.5. The van der Waals surface area contributed by atoms with Crippen molar-refractivity contribution in [2.75, 3.05) is 0 Å². The molecule has 0 saturated carbocycles. The Hall–Kier alpha value is -2.73. The van der Waals surface area contributed by atoms with E-state index in [4.69, 9.17) is 4.74 Å². The van der Waals surface area contributed by atoms with Crippen LogP contribution in [0.15, 0.2) is 42.7 Å². The number of nitrogens with one attached hydrogen (secondary N) is 1. The zero-order chi connectivity index (χ0) is 17.5. The highest BCUT2D eigenvalue weighted by atomic mass is 16.5. The van der Waals surface area contributed by atoms with Crippen LogP contribution in [0, 0.1) is 0 Å². The van der Waals surface area contributed by atoms with E-state index in [0.717, 1.165) is 23.6 Å². The number of rotatable bonds is 3. The molecule has 3 aromatic rings. The van der Waals surface area contributed by atoms with E-state index in [1.54, 1.807) is 18.5 Å². The summed E-state index contributed by atoms with van der Waals surface area (Å²) < 4.78 is 6.04. The van der Waals surface area contributed by atoms with Gasteiger partial charge in [0.05, 0.1) is 5.69 Å². The van der Waals surface area contributed by atoms with Crippen molar-refractivity contribution in [1.29, 1.82) is 0 Å². The minimum Gasteiger partial charge on any atom is -0.507 e. The third-order valence-corrected chi connectivity index (χ3v) is 5.39. The Balaban J connectivity index is 1.37. The maximum absolute atomic E-state index is 10.3. The molecule has 2 saturated heterocycles. The average Bonchev–Trinajstić information content (AvgIpc) is 3.00. The van der Waals surface area contributed by atoms with Gasteiger partial charge in [0.2, 0.25) is 5.88 Å². The maximum Gasteiger partial charge on any atom is 0.233 e. The molecule has 26 heavy (non-hydrogen) atoms. The van der Waals surface area contributed by atoms with E-state index in [1.165, 1.54) is 12.8 Å². The molecule has 0 spiro atoms. The van der Waals surface area contributed by atoms with Crippen molar-refractivity contribution in [3.63, 3.8) is 0 Å². The molecule has 2 aromatic heterocycles. The smallest absolute Gasteiger partial charge is 0.233 e. The summed E-state index contributed by atoms with van der Waals surface area (Å²) in [6.45, 7) is 0. The molecule has 5 rings (SSSR count). The molecule has 2 aliphatic rings. The van der Waals surface area contributed by atoms with Gasteiger partial charge in [0, 0.05) is 41.5 Å². The zero-order valence-electron chi connectivity index (χ0n) is 14.3. The Morgan fingerprint density at radius 3 is 2.62 bits per heavy atom. The second-order valence-electron chi connectivity index (χ2n) is 7.20. The third-order valence-electron chi connectivity index (χ3n) is 5.39. The molecule has 6 nitrogen and oxygen atoms in total. The van der Waals surface area contributed by atoms with Crippen LogP contribution in [0.25, 0.3) is 22.0 Å². The number of piperidine rings is 1. The van der Waals surface area contributed by atoms with Crippen molar-refractivity contribution in [3.05, 3.63) is 42.7 Å². The van der Waals surface area contributed by atoms with Crippen LogP contribution in [0.3, 0.4) is 0 Å². The number of aromatic hydroxyl groups is 1. The van der Waals surface area contributed by atoms with Gasteiger partial charge in [-0.05, 0) is 55.3 Å². The van der Waals surface area contributed by atoms with Crippen molar-refractivity contribution in [1.82, 2.24) is 20.5 Å². The topological polar surface area (TPSA) is 80.2 Å². The predicted molar refractivity (Wildman–Crippen MR) is 98.0 cm³/mol. The standard InChI is InChI=1S/C20H20N4O2/c25-19-8-13-11-21-6-5-12(13)7-17(19)18-3-4-20(24-23-18)26-16-9-14-1-2-15(10-16)22-14/h3-8,11,14-16,22,25H,1-2,9-10H2/t14-,15+,16+. The SMILES string of the molecule is Oc1cc2cnccc2cc1-c1ccc(O[C@H]2C[C@H]3CC[C@@H](C2)N3)nn1. The van der Waals surface area contributed by atoms with Crippen LogP contribution in [0.5, 0.6) is 11.6 Å². The van der Waals surface area contributed by atoms with E-state index >= 15 is 0 Å². The highest BCUT2D eigenvalue weighted by Gasteiger charge is 2.34. The molecular formula is C20H20N4O2. The van der Waals surface area contributed by atoms with Crippen molar-refractivity contribution in [2.24, 2.45) is 0 Å². The van der Waals surface area contributed by atoms with Crippen molar-refractivity contribution < 1.29 is 9.84 Å². The number of aromatic nitrogens is 3. The van der Waals surface area contributed by atoms with Crippen LogP contribution in [0.4, 0.5) is 0 Å². The summed E-state index contributed by atoms with van der Waals surface area (Å²) in [4.78, 5) is 4.08. The number of phenols is 1. The first-order valence-corrected chi connectivity index (χ1v) is 9.08. The van der Waals surface area contributed by atoms with Crippen molar-refractivity contribution in [3.8, 4) is 22.9 Å². The Labute approximate surface area is 151 Å². The zero-order valence-corrected chi connectivity index (χ0v) is 14.3. The second kappa shape index (κ2) is 6.21. The number of hydrogen-bond donors (Lipinski definition) is 2. The van der Waals surface area contributed by atoms with Gasteiger partial charge in [-0.2, -0.15) is 0 Å². The Kier molecular flexibility index (Phi) is 3.71. The number of fused-ring (bicyclic) bond motifs is 3. The lowest BCUT2D eigenvalue weighted by atomic mass is 10.0. The average molecular weight is 348 g/mol. The van der Waals surface area contributed by atoms with Gasteiger partial charge in [-0.25, -0.2) is 0 Å². The van der Waals surface area contributed by atoms with E-state index in [-0.39, 0.29) is 11.9 Å². The summed E-state index contributed by atoms with van der Waals surface area (Å²) in [5, 5.41) is 24.3. The molecule has 6 heteroatoms. The van der Waals surface area contributed by atoms with Crippen LogP contribution >= 0.6 is 0 Å². The number of ether oxygens (including phenoxy) is 1. The molecule has 0 aliphatic carbocycles. The van der Waals surface area contributed by atoms with Crippen molar-refractivity contribution in [2.45, 2.75) is 43.9 Å². The largest absolute Gasteiger partial charge is 0.507 e. The number of nitrogens with zero attached hydrogens (tertiary/aromatic N) is 3. The minimum absolute atomic E-state index is 0.170. The molecule has 132 valence electrons. The highest BCUT2D eigenvalue weighted by Crippen LogP contribution is 2.33. The van der Waals surface area contributed by atoms with Gasteiger partial charge in [0.1, 0.15) is 11.9 Å². The van der Waals surface area contributed by atoms with E-state index in [1.807, 2.05) is 24.3 Å². The third kappa shape index (κ3) is 2.86. The molecule has 2 fully saturated rings. The fourth-order valence-corrected chi connectivity index (χ4v) is 4.13. The summed E-state index contributed by atoms with van der Waals surface area (Å²) in [5.74, 6) is 0.716. The van der Waals surface area contributed by atoms with E-state index in [9.17, 15) is 5.11 Å². The van der Waals surface area contributed by atoms with E-state index < -0.39 is 0 Å². The quantitative estimate of drug-likeness (QED) is 0.757. The molecule has 0 radical (unpaired) electrons. The summed E-state index contributed by atoms with van der Waals surface area (Å²) in [6.07, 6.45) is 8.21. The first-order chi connectivity index (χ1) is 12.7. The molecular weight excluding hydrogens is 328 g/mol. The van der Waals surface area contributed by atoms with Gasteiger partial charge in [-0.3, -0.25) is 4.98 Å². The molecule has 1 aromatic carbocycles. The minimum atomic E-state index is 0.170. The molecule has 2 bridgehead atoms. The van der Waals surface area contributed by atoms with Gasteiger partial charge in [0.25, 0.3) is 0 Å². The lowest BCUT2D eigenvalue weighted by Gasteiger charge is -2.28. The fourth-order valence-electron chi connectivity index (χ4n) is 4.13. The predicted octanol–water partition coefficient (Wildman–Crippen LogP) is 3.06. The van der Waals surface area contributed by atoms with Crippen LogP contribution < -0.4 is 10.1 Å². The highest BCUT2D eigenvalue weighted by molar-refractivity contribution is 5.89. The van der Waals surface area contributed by atoms with Crippen LogP contribution in [-0.2, 0) is 0 Å². The van der Waals surface area contributed by atoms with Gasteiger partial charge in [0.15, 0.2) is 0 Å². The summed E-state index contributed by atoms with van der Waals surface area (Å²) >= 11 is 0. The summed E-state index contributed by atoms with van der Waals surface area (Å²) in [6, 6.07) is 10.4. The van der Waals surface area contributed by atoms with E-state index in [2.05, 4.69) is 20.5 Å². The Morgan fingerprint density at radius 2 is 1.85 bits per heavy atom. The van der Waals surface area contributed by atoms with Gasteiger partial charge < -0.3 is 15.2 Å². The summed E-state index contributed by atoms with van der Waals surface area (Å²) in [5.41, 5.74) is 1.28. The van der Waals surface area contributed by atoms with Gasteiger partial charge >= 0.3 is 0 Å². The number of hydrogen-bond acceptors (Lipinski definition) is 6. The number of pyridine rings is 1. The lowest BCUT2D eigenvalue weighted by Crippen LogP contribution is -2.42. The van der Waals surface area contributed by atoms with Crippen LogP contribution in [-0.4, -0.2) is 38.5 Å². The normalized spacial score (nSPS) is 24.7. The monoisotopic (exact) mass is 348 g/mol. The second-order valence-corrected chi connectivity index (χ2v) is 7.20. The summed E-state index contributed by atoms with van der Waals surface area (Å²) in [7, 11) is 0. The van der Waals surface area contributed by atoms with E-state index in [0.29, 0.717) is 29.2 Å². The van der Waals surface area contributed by atoms with Gasteiger partial charge in [-0.1, -0.05) is 0 Å². The van der Waals surface area contributed by atoms with Gasteiger partial charge in [-0.15, -0.1) is 10.2 Å². The lowest BCUT2D eigenvalue weighted by molar-refractivity contribution is 0.130. The Morgan fingerprint density at radius 1 is 1.00 bits per heavy atom. The molecule has 4 heterocycles. The molecule has 2 N–H and O–H groups in total. The molecule has 3 atom stereocenters. The molecule has 0 unspecified atom stereocenters. The number of phenolic OH excluding ortho intramolecular Hbond substituents is 1. The molecule has 2 aliphatic heterocycles.